The van der Waals surface area contributed by atoms with Crippen molar-refractivity contribution in [1.29, 1.82) is 0 Å². The first kappa shape index (κ1) is 14.4. The number of benzene rings is 1. The maximum absolute atomic E-state index is 11.2. The highest BCUT2D eigenvalue weighted by Gasteiger charge is 2.20. The van der Waals surface area contributed by atoms with Crippen molar-refractivity contribution in [3.05, 3.63) is 41.9 Å². The normalized spacial score (nSPS) is 14.4. The number of carboxylic acid groups (broad SMARTS) is 1. The van der Waals surface area contributed by atoms with Gasteiger partial charge in [0.15, 0.2) is 11.9 Å². The zero-order valence-corrected chi connectivity index (χ0v) is 11.5. The molecule has 0 saturated carbocycles. The first-order valence-electron chi connectivity index (χ1n) is 6.50. The van der Waals surface area contributed by atoms with Crippen LogP contribution >= 0.6 is 0 Å². The number of aliphatic carboxylic acids is 1. The second-order valence-corrected chi connectivity index (χ2v) is 4.85. The number of hydrogen-bond donors (Lipinski definition) is 1. The highest BCUT2D eigenvalue weighted by atomic mass is 16.6. The number of rotatable bonds is 8. The van der Waals surface area contributed by atoms with Crippen molar-refractivity contribution in [3.8, 4) is 5.75 Å². The first-order chi connectivity index (χ1) is 9.54. The summed E-state index contributed by atoms with van der Waals surface area (Å²) in [6, 6.07) is 7.34. The van der Waals surface area contributed by atoms with Gasteiger partial charge in [0.25, 0.3) is 0 Å². The predicted molar refractivity (Wildman–Crippen MR) is 72.5 cm³/mol. The molecule has 0 aliphatic carbocycles. The Bertz CT molecular complexity index is 507. The highest BCUT2D eigenvalue weighted by Crippen LogP contribution is 2.19. The van der Waals surface area contributed by atoms with Crippen molar-refractivity contribution in [1.82, 2.24) is 0 Å². The van der Waals surface area contributed by atoms with Crippen LogP contribution in [0.5, 0.6) is 5.75 Å². The summed E-state index contributed by atoms with van der Waals surface area (Å²) in [5.41, 5.74) is 0.862. The van der Waals surface area contributed by atoms with Crippen LogP contribution < -0.4 is 4.74 Å². The van der Waals surface area contributed by atoms with E-state index >= 15 is 0 Å². The zero-order valence-electron chi connectivity index (χ0n) is 11.5. The maximum Gasteiger partial charge on any atom is 0.333 e. The Kier molecular flexibility index (Phi) is 4.63. The highest BCUT2D eigenvalue weighted by molar-refractivity contribution is 5.72. The van der Waals surface area contributed by atoms with E-state index in [1.54, 1.807) is 6.26 Å². The van der Waals surface area contributed by atoms with Gasteiger partial charge in [0, 0.05) is 6.42 Å². The summed E-state index contributed by atoms with van der Waals surface area (Å²) in [6.07, 6.45) is 0.958. The smallest absolute Gasteiger partial charge is 0.333 e. The summed E-state index contributed by atoms with van der Waals surface area (Å²) in [5, 5.41) is 9.16. The van der Waals surface area contributed by atoms with E-state index in [0.29, 0.717) is 18.8 Å². The fourth-order valence-electron chi connectivity index (χ4n) is 1.76. The summed E-state index contributed by atoms with van der Waals surface area (Å²) in [7, 11) is 0. The molecule has 0 aromatic heterocycles. The SMILES string of the molecule is CC(C)O[C@@H](Cc1cccc(OCC2=CO2)c1)C(=O)O. The average molecular weight is 278 g/mol. The van der Waals surface area contributed by atoms with Crippen molar-refractivity contribution in [2.45, 2.75) is 32.5 Å². The largest absolute Gasteiger partial charge is 0.486 e. The molecule has 1 aromatic rings. The van der Waals surface area contributed by atoms with Gasteiger partial charge in [-0.15, -0.1) is 0 Å². The minimum atomic E-state index is -0.957. The second kappa shape index (κ2) is 6.43. The number of carbonyl (C=O) groups is 1. The molecule has 0 bridgehead atoms. The fourth-order valence-corrected chi connectivity index (χ4v) is 1.76. The molecule has 0 radical (unpaired) electrons. The van der Waals surface area contributed by atoms with Gasteiger partial charge < -0.3 is 19.3 Å². The van der Waals surface area contributed by atoms with Gasteiger partial charge in [-0.2, -0.15) is 0 Å². The van der Waals surface area contributed by atoms with E-state index in [1.165, 1.54) is 0 Å². The first-order valence-corrected chi connectivity index (χ1v) is 6.50. The van der Waals surface area contributed by atoms with Crippen molar-refractivity contribution < 1.29 is 24.1 Å². The topological polar surface area (TPSA) is 68.3 Å². The van der Waals surface area contributed by atoms with Crippen LogP contribution in [0.1, 0.15) is 19.4 Å². The van der Waals surface area contributed by atoms with Gasteiger partial charge in [-0.1, -0.05) is 12.1 Å². The molecule has 1 aliphatic rings. The third-order valence-corrected chi connectivity index (χ3v) is 2.70. The molecule has 5 heteroatoms. The number of hydrogen-bond acceptors (Lipinski definition) is 4. The molecule has 1 aliphatic heterocycles. The van der Waals surface area contributed by atoms with Gasteiger partial charge in [0.1, 0.15) is 18.6 Å². The van der Waals surface area contributed by atoms with Crippen molar-refractivity contribution in [2.24, 2.45) is 0 Å². The third-order valence-electron chi connectivity index (χ3n) is 2.70. The fraction of sp³-hybridized carbons (Fsp3) is 0.400. The van der Waals surface area contributed by atoms with Crippen LogP contribution in [-0.4, -0.2) is 29.9 Å². The van der Waals surface area contributed by atoms with Crippen LogP contribution in [0.4, 0.5) is 0 Å². The molecule has 0 spiro atoms. The minimum Gasteiger partial charge on any atom is -0.486 e. The van der Waals surface area contributed by atoms with E-state index in [2.05, 4.69) is 0 Å². The van der Waals surface area contributed by atoms with Gasteiger partial charge in [-0.25, -0.2) is 4.79 Å². The Morgan fingerprint density at radius 1 is 1.40 bits per heavy atom. The monoisotopic (exact) mass is 278 g/mol. The lowest BCUT2D eigenvalue weighted by Gasteiger charge is -2.16. The minimum absolute atomic E-state index is 0.130. The Balaban J connectivity index is 1.97. The Hall–Kier alpha value is -2.01. The molecule has 0 fully saturated rings. The summed E-state index contributed by atoms with van der Waals surface area (Å²) in [5.74, 6) is 0.538. The van der Waals surface area contributed by atoms with Gasteiger partial charge >= 0.3 is 5.97 Å². The van der Waals surface area contributed by atoms with E-state index in [-0.39, 0.29) is 6.10 Å². The van der Waals surface area contributed by atoms with Crippen LogP contribution in [0.15, 0.2) is 36.3 Å². The van der Waals surface area contributed by atoms with Crippen LogP contribution in [-0.2, 0) is 20.7 Å². The zero-order chi connectivity index (χ0) is 14.5. The average Bonchev–Trinajstić information content (AvgIpc) is 3.19. The number of ether oxygens (including phenoxy) is 3. The van der Waals surface area contributed by atoms with Crippen LogP contribution in [0.2, 0.25) is 0 Å². The lowest BCUT2D eigenvalue weighted by atomic mass is 10.1. The molecule has 1 aromatic carbocycles. The standard InChI is InChI=1S/C15H18O5/c1-10(2)20-14(15(16)17)7-11-4-3-5-12(6-11)18-8-13-9-19-13/h3-6,9-10,14H,7-8H2,1-2H3,(H,16,17)/t14-/m0/s1. The summed E-state index contributed by atoms with van der Waals surface area (Å²) in [4.78, 5) is 11.2. The van der Waals surface area contributed by atoms with Crippen LogP contribution in [0.3, 0.4) is 0 Å². The van der Waals surface area contributed by atoms with E-state index in [1.807, 2.05) is 38.1 Å². The van der Waals surface area contributed by atoms with Crippen molar-refractivity contribution in [3.63, 3.8) is 0 Å². The van der Waals surface area contributed by atoms with E-state index in [9.17, 15) is 4.79 Å². The van der Waals surface area contributed by atoms with E-state index < -0.39 is 12.1 Å². The quantitative estimate of drug-likeness (QED) is 0.790. The van der Waals surface area contributed by atoms with Crippen molar-refractivity contribution >= 4 is 5.97 Å². The Labute approximate surface area is 117 Å². The maximum atomic E-state index is 11.2. The van der Waals surface area contributed by atoms with Gasteiger partial charge in [0.05, 0.1) is 6.10 Å². The lowest BCUT2D eigenvalue weighted by Crippen LogP contribution is -2.29. The number of carboxylic acids is 1. The van der Waals surface area contributed by atoms with Crippen LogP contribution in [0, 0.1) is 0 Å². The van der Waals surface area contributed by atoms with E-state index in [4.69, 9.17) is 19.3 Å². The molecule has 5 nitrogen and oxygen atoms in total. The predicted octanol–water partition coefficient (Wildman–Crippen LogP) is 2.36. The molecule has 1 atom stereocenters. The summed E-state index contributed by atoms with van der Waals surface area (Å²) < 4.78 is 15.8. The van der Waals surface area contributed by atoms with E-state index in [0.717, 1.165) is 11.3 Å². The molecule has 0 unspecified atom stereocenters. The third kappa shape index (κ3) is 4.59. The molecule has 0 amide bonds. The van der Waals surface area contributed by atoms with Gasteiger partial charge in [-0.3, -0.25) is 0 Å². The van der Waals surface area contributed by atoms with Crippen molar-refractivity contribution in [2.75, 3.05) is 6.61 Å². The summed E-state index contributed by atoms with van der Waals surface area (Å²) in [6.45, 7) is 4.03. The Morgan fingerprint density at radius 3 is 2.75 bits per heavy atom. The lowest BCUT2D eigenvalue weighted by molar-refractivity contribution is -0.153. The van der Waals surface area contributed by atoms with Gasteiger partial charge in [-0.05, 0) is 31.5 Å². The van der Waals surface area contributed by atoms with Crippen LogP contribution in [0.25, 0.3) is 0 Å². The molecule has 1 heterocycles. The molecule has 108 valence electrons. The summed E-state index contributed by atoms with van der Waals surface area (Å²) >= 11 is 0. The molecular formula is C15H18O5. The van der Waals surface area contributed by atoms with Gasteiger partial charge in [0.2, 0.25) is 0 Å². The molecule has 0 saturated heterocycles. The molecular weight excluding hydrogens is 260 g/mol. The molecule has 1 N–H and O–H groups in total. The Morgan fingerprint density at radius 2 is 2.15 bits per heavy atom. The molecule has 2 rings (SSSR count). The molecule has 20 heavy (non-hydrogen) atoms. The second-order valence-electron chi connectivity index (χ2n) is 4.85.